The van der Waals surface area contributed by atoms with Crippen LogP contribution in [0.2, 0.25) is 0 Å². The molecule has 1 unspecified atom stereocenters. The van der Waals surface area contributed by atoms with Gasteiger partial charge in [-0.25, -0.2) is 0 Å². The third kappa shape index (κ3) is 2.32. The SMILES string of the molecule is CC1CC/C(=C2/CCCOC2)CN1. The molecule has 0 amide bonds. The molecule has 74 valence electrons. The van der Waals surface area contributed by atoms with Gasteiger partial charge in [-0.3, -0.25) is 0 Å². The Bertz CT molecular complexity index is 192. The Kier molecular flexibility index (Phi) is 3.01. The van der Waals surface area contributed by atoms with Crippen LogP contribution in [0.15, 0.2) is 11.1 Å². The van der Waals surface area contributed by atoms with Gasteiger partial charge >= 0.3 is 0 Å². The average Bonchev–Trinajstić information content (AvgIpc) is 2.20. The summed E-state index contributed by atoms with van der Waals surface area (Å²) in [6.45, 7) is 5.21. The lowest BCUT2D eigenvalue weighted by Gasteiger charge is -2.26. The molecular formula is C11H19NO. The smallest absolute Gasteiger partial charge is 0.0679 e. The van der Waals surface area contributed by atoms with Crippen LogP contribution in [0, 0.1) is 0 Å². The van der Waals surface area contributed by atoms with Gasteiger partial charge in [0.2, 0.25) is 0 Å². The van der Waals surface area contributed by atoms with Gasteiger partial charge in [0.05, 0.1) is 6.61 Å². The molecule has 0 aromatic heterocycles. The van der Waals surface area contributed by atoms with Crippen LogP contribution in [0.4, 0.5) is 0 Å². The van der Waals surface area contributed by atoms with Crippen LogP contribution in [0.25, 0.3) is 0 Å². The normalized spacial score (nSPS) is 36.2. The summed E-state index contributed by atoms with van der Waals surface area (Å²) in [5.41, 5.74) is 3.20. The van der Waals surface area contributed by atoms with Crippen LogP contribution in [0.5, 0.6) is 0 Å². The molecule has 2 aliphatic rings. The van der Waals surface area contributed by atoms with E-state index in [0.717, 1.165) is 19.8 Å². The molecule has 0 aromatic rings. The summed E-state index contributed by atoms with van der Waals surface area (Å²) < 4.78 is 5.48. The van der Waals surface area contributed by atoms with Gasteiger partial charge in [-0.1, -0.05) is 5.57 Å². The summed E-state index contributed by atoms with van der Waals surface area (Å²) in [6.07, 6.45) is 5.06. The lowest BCUT2D eigenvalue weighted by molar-refractivity contribution is 0.128. The van der Waals surface area contributed by atoms with Crippen molar-refractivity contribution in [1.82, 2.24) is 5.32 Å². The molecule has 13 heavy (non-hydrogen) atoms. The van der Waals surface area contributed by atoms with E-state index in [1.807, 2.05) is 0 Å². The fourth-order valence-electron chi connectivity index (χ4n) is 2.11. The van der Waals surface area contributed by atoms with E-state index in [1.54, 1.807) is 11.1 Å². The summed E-state index contributed by atoms with van der Waals surface area (Å²) in [4.78, 5) is 0. The van der Waals surface area contributed by atoms with Crippen LogP contribution in [-0.4, -0.2) is 25.8 Å². The number of piperidine rings is 1. The molecule has 0 bridgehead atoms. The molecule has 1 N–H and O–H groups in total. The fraction of sp³-hybridized carbons (Fsp3) is 0.818. The fourth-order valence-corrected chi connectivity index (χ4v) is 2.11. The van der Waals surface area contributed by atoms with Crippen LogP contribution < -0.4 is 5.32 Å². The summed E-state index contributed by atoms with van der Waals surface area (Å²) in [6, 6.07) is 0.703. The lowest BCUT2D eigenvalue weighted by atomic mass is 9.94. The largest absolute Gasteiger partial charge is 0.377 e. The minimum Gasteiger partial charge on any atom is -0.377 e. The Morgan fingerprint density at radius 2 is 2.23 bits per heavy atom. The van der Waals surface area contributed by atoms with Crippen molar-refractivity contribution in [3.05, 3.63) is 11.1 Å². The number of ether oxygens (including phenoxy) is 1. The monoisotopic (exact) mass is 181 g/mol. The van der Waals surface area contributed by atoms with Gasteiger partial charge in [-0.2, -0.15) is 0 Å². The van der Waals surface area contributed by atoms with Crippen LogP contribution in [0.3, 0.4) is 0 Å². The third-order valence-electron chi connectivity index (χ3n) is 3.09. The second-order valence-corrected chi connectivity index (χ2v) is 4.18. The summed E-state index contributed by atoms with van der Waals surface area (Å²) in [5.74, 6) is 0. The molecule has 2 nitrogen and oxygen atoms in total. The predicted octanol–water partition coefficient (Wildman–Crippen LogP) is 1.87. The summed E-state index contributed by atoms with van der Waals surface area (Å²) >= 11 is 0. The van der Waals surface area contributed by atoms with Gasteiger partial charge in [0.25, 0.3) is 0 Å². The highest BCUT2D eigenvalue weighted by Gasteiger charge is 2.16. The zero-order valence-electron chi connectivity index (χ0n) is 8.44. The third-order valence-corrected chi connectivity index (χ3v) is 3.09. The molecule has 2 heteroatoms. The van der Waals surface area contributed by atoms with Gasteiger partial charge < -0.3 is 10.1 Å². The van der Waals surface area contributed by atoms with E-state index in [4.69, 9.17) is 4.74 Å². The number of hydrogen-bond acceptors (Lipinski definition) is 2. The maximum atomic E-state index is 5.48. The standard InChI is InChI=1S/C11H19NO/c1-9-4-5-10(7-12-9)11-3-2-6-13-8-11/h9,12H,2-8H2,1H3/b11-10+. The van der Waals surface area contributed by atoms with Crippen molar-refractivity contribution in [2.45, 2.75) is 38.6 Å². The van der Waals surface area contributed by atoms with Gasteiger partial charge in [-0.15, -0.1) is 0 Å². The van der Waals surface area contributed by atoms with Gasteiger partial charge in [0.1, 0.15) is 0 Å². The quantitative estimate of drug-likeness (QED) is 0.576. The molecule has 0 aliphatic carbocycles. The summed E-state index contributed by atoms with van der Waals surface area (Å²) in [5, 5.41) is 3.52. The highest BCUT2D eigenvalue weighted by atomic mass is 16.5. The van der Waals surface area contributed by atoms with E-state index in [1.165, 1.54) is 25.7 Å². The van der Waals surface area contributed by atoms with Crippen molar-refractivity contribution in [3.8, 4) is 0 Å². The van der Waals surface area contributed by atoms with E-state index in [9.17, 15) is 0 Å². The average molecular weight is 181 g/mol. The molecule has 0 aromatic carbocycles. The topological polar surface area (TPSA) is 21.3 Å². The van der Waals surface area contributed by atoms with Gasteiger partial charge in [-0.05, 0) is 38.2 Å². The Hall–Kier alpha value is -0.340. The second-order valence-electron chi connectivity index (χ2n) is 4.18. The molecular weight excluding hydrogens is 162 g/mol. The van der Waals surface area contributed by atoms with Crippen molar-refractivity contribution in [2.24, 2.45) is 0 Å². The lowest BCUT2D eigenvalue weighted by Crippen LogP contribution is -2.33. The first-order chi connectivity index (χ1) is 6.36. The molecule has 2 rings (SSSR count). The van der Waals surface area contributed by atoms with Gasteiger partial charge in [0.15, 0.2) is 0 Å². The van der Waals surface area contributed by atoms with Crippen LogP contribution in [0.1, 0.15) is 32.6 Å². The molecule has 2 saturated heterocycles. The van der Waals surface area contributed by atoms with E-state index in [-0.39, 0.29) is 0 Å². The van der Waals surface area contributed by atoms with E-state index in [0.29, 0.717) is 6.04 Å². The van der Waals surface area contributed by atoms with Crippen LogP contribution >= 0.6 is 0 Å². The summed E-state index contributed by atoms with van der Waals surface area (Å²) in [7, 11) is 0. The Labute approximate surface area is 80.4 Å². The first kappa shape index (κ1) is 9.22. The van der Waals surface area contributed by atoms with Crippen molar-refractivity contribution in [2.75, 3.05) is 19.8 Å². The van der Waals surface area contributed by atoms with Crippen molar-refractivity contribution in [3.63, 3.8) is 0 Å². The zero-order chi connectivity index (χ0) is 9.10. The first-order valence-corrected chi connectivity index (χ1v) is 5.37. The highest BCUT2D eigenvalue weighted by Crippen LogP contribution is 2.22. The molecule has 0 spiro atoms. The van der Waals surface area contributed by atoms with E-state index in [2.05, 4.69) is 12.2 Å². The molecule has 0 radical (unpaired) electrons. The van der Waals surface area contributed by atoms with E-state index < -0.39 is 0 Å². The Morgan fingerprint density at radius 3 is 2.85 bits per heavy atom. The molecule has 0 saturated carbocycles. The second kappa shape index (κ2) is 4.25. The highest BCUT2D eigenvalue weighted by molar-refractivity contribution is 5.19. The van der Waals surface area contributed by atoms with Gasteiger partial charge in [0, 0.05) is 19.2 Å². The zero-order valence-corrected chi connectivity index (χ0v) is 8.44. The number of rotatable bonds is 0. The molecule has 1 atom stereocenters. The van der Waals surface area contributed by atoms with E-state index >= 15 is 0 Å². The van der Waals surface area contributed by atoms with Crippen molar-refractivity contribution >= 4 is 0 Å². The van der Waals surface area contributed by atoms with Crippen molar-refractivity contribution < 1.29 is 4.74 Å². The molecule has 2 fully saturated rings. The first-order valence-electron chi connectivity index (χ1n) is 5.37. The minimum absolute atomic E-state index is 0.703. The molecule has 2 heterocycles. The maximum Gasteiger partial charge on any atom is 0.0679 e. The van der Waals surface area contributed by atoms with Crippen molar-refractivity contribution in [1.29, 1.82) is 0 Å². The minimum atomic E-state index is 0.703. The molecule has 2 aliphatic heterocycles. The Balaban J connectivity index is 1.97. The predicted molar refractivity (Wildman–Crippen MR) is 53.8 cm³/mol. The van der Waals surface area contributed by atoms with Crippen LogP contribution in [-0.2, 0) is 4.74 Å². The number of hydrogen-bond donors (Lipinski definition) is 1. The maximum absolute atomic E-state index is 5.48. The Morgan fingerprint density at radius 1 is 1.31 bits per heavy atom. The number of nitrogens with one attached hydrogen (secondary N) is 1.